The van der Waals surface area contributed by atoms with Crippen LogP contribution in [-0.4, -0.2) is 37.0 Å². The smallest absolute Gasteiger partial charge is 0.426 e. The molecule has 2 heterocycles. The highest BCUT2D eigenvalue weighted by atomic mass is 16.7. The first-order valence-corrected chi connectivity index (χ1v) is 11.4. The lowest BCUT2D eigenvalue weighted by Gasteiger charge is -2.35. The van der Waals surface area contributed by atoms with Gasteiger partial charge in [-0.1, -0.05) is 57.2 Å². The Labute approximate surface area is 195 Å². The highest BCUT2D eigenvalue weighted by Gasteiger charge is 2.39. The lowest BCUT2D eigenvalue weighted by atomic mass is 9.86. The van der Waals surface area contributed by atoms with Crippen LogP contribution < -0.4 is 15.5 Å². The fourth-order valence-corrected chi connectivity index (χ4v) is 4.04. The number of ether oxygens (including phenoxy) is 1. The topological polar surface area (TPSA) is 72.1 Å². The summed E-state index contributed by atoms with van der Waals surface area (Å²) in [4.78, 5) is 23.7. The predicted octanol–water partition coefficient (Wildman–Crippen LogP) is 4.54. The van der Waals surface area contributed by atoms with E-state index in [4.69, 9.17) is 14.4 Å². The second kappa shape index (κ2) is 9.45. The molecule has 2 aliphatic rings. The minimum Gasteiger partial charge on any atom is -0.497 e. The summed E-state index contributed by atoms with van der Waals surface area (Å²) < 4.78 is 5.15. The van der Waals surface area contributed by atoms with Gasteiger partial charge in [-0.15, -0.1) is 5.06 Å². The van der Waals surface area contributed by atoms with Crippen LogP contribution in [0.1, 0.15) is 50.3 Å². The van der Waals surface area contributed by atoms with Crippen molar-refractivity contribution in [1.82, 2.24) is 15.9 Å². The van der Waals surface area contributed by atoms with Crippen molar-refractivity contribution >= 4 is 11.8 Å². The number of nitrogens with one attached hydrogen (secondary N) is 2. The number of carbonyl (C=O) groups is 1. The number of piperidine rings is 1. The van der Waals surface area contributed by atoms with Crippen molar-refractivity contribution in [1.29, 1.82) is 0 Å². The summed E-state index contributed by atoms with van der Waals surface area (Å²) in [7, 11) is 1.63. The van der Waals surface area contributed by atoms with Gasteiger partial charge in [-0.2, -0.15) is 0 Å². The molecule has 1 spiro atoms. The Bertz CT molecular complexity index is 986. The Hall–Kier alpha value is -3.03. The molecule has 2 N–H and O–H groups in total. The molecule has 0 atom stereocenters. The predicted molar refractivity (Wildman–Crippen MR) is 127 cm³/mol. The average molecular weight is 452 g/mol. The Morgan fingerprint density at radius 3 is 2.36 bits per heavy atom. The highest BCUT2D eigenvalue weighted by molar-refractivity contribution is 5.67. The molecule has 0 unspecified atom stereocenters. The fraction of sp³-hybridized carbons (Fsp3) is 0.423. The third kappa shape index (κ3) is 5.67. The van der Waals surface area contributed by atoms with Crippen molar-refractivity contribution in [3.63, 3.8) is 0 Å². The first-order valence-electron chi connectivity index (χ1n) is 11.4. The summed E-state index contributed by atoms with van der Waals surface area (Å²) in [5.41, 5.74) is 7.23. The van der Waals surface area contributed by atoms with Crippen molar-refractivity contribution in [3.8, 4) is 5.75 Å². The van der Waals surface area contributed by atoms with Crippen LogP contribution in [0, 0.1) is 0 Å². The molecular formula is C26H33N3O4. The van der Waals surface area contributed by atoms with Gasteiger partial charge >= 0.3 is 6.09 Å². The lowest BCUT2D eigenvalue weighted by Crippen LogP contribution is -2.46. The maximum atomic E-state index is 12.2. The molecule has 7 nitrogen and oxygen atoms in total. The van der Waals surface area contributed by atoms with Gasteiger partial charge in [-0.3, -0.25) is 10.3 Å². The van der Waals surface area contributed by atoms with E-state index in [-0.39, 0.29) is 11.0 Å². The van der Waals surface area contributed by atoms with Gasteiger partial charge in [0.15, 0.2) is 0 Å². The Morgan fingerprint density at radius 1 is 1.09 bits per heavy atom. The van der Waals surface area contributed by atoms with Crippen molar-refractivity contribution in [2.75, 3.05) is 20.2 Å². The molecule has 0 bridgehead atoms. The van der Waals surface area contributed by atoms with E-state index in [2.05, 4.69) is 61.9 Å². The standard InChI is InChI=1S/C26H33N3O4/c1-25(2,3)21-9-7-20(8-10-21)23-17-26(33-28-23)13-15-29(16-14-26)32-24(30)27-18-19-5-11-22(31-4)12-6-19/h5-12,17,28H,13-16,18H2,1-4H3,(H,27,30). The van der Waals surface area contributed by atoms with Gasteiger partial charge < -0.3 is 14.9 Å². The van der Waals surface area contributed by atoms with E-state index >= 15 is 0 Å². The van der Waals surface area contributed by atoms with Crippen LogP contribution in [0.4, 0.5) is 4.79 Å². The minimum atomic E-state index is -0.456. The molecule has 0 radical (unpaired) electrons. The second-order valence-corrected chi connectivity index (χ2v) is 9.66. The Kier molecular flexibility index (Phi) is 6.63. The van der Waals surface area contributed by atoms with E-state index in [1.165, 1.54) is 5.56 Å². The molecular weight excluding hydrogens is 418 g/mol. The molecule has 0 aliphatic carbocycles. The third-order valence-electron chi connectivity index (χ3n) is 6.21. The summed E-state index contributed by atoms with van der Waals surface area (Å²) >= 11 is 0. The normalized spacial score (nSPS) is 17.9. The number of carbonyl (C=O) groups excluding carboxylic acids is 1. The number of nitrogens with zero attached hydrogens (tertiary/aromatic N) is 1. The van der Waals surface area contributed by atoms with Gasteiger partial charge in [-0.25, -0.2) is 4.79 Å². The van der Waals surface area contributed by atoms with Crippen LogP contribution in [-0.2, 0) is 21.6 Å². The molecule has 4 rings (SSSR count). The van der Waals surface area contributed by atoms with E-state index < -0.39 is 6.09 Å². The lowest BCUT2D eigenvalue weighted by molar-refractivity contribution is -0.156. The monoisotopic (exact) mass is 451 g/mol. The van der Waals surface area contributed by atoms with Crippen molar-refractivity contribution in [2.45, 2.75) is 51.2 Å². The van der Waals surface area contributed by atoms with E-state index in [1.807, 2.05) is 24.3 Å². The molecule has 2 aromatic rings. The summed E-state index contributed by atoms with van der Waals surface area (Å²) in [6.07, 6.45) is 3.17. The number of hydrogen-bond donors (Lipinski definition) is 2. The molecule has 1 fully saturated rings. The molecule has 0 saturated carbocycles. The molecule has 176 valence electrons. The molecule has 2 aromatic carbocycles. The number of hydrogen-bond acceptors (Lipinski definition) is 6. The molecule has 33 heavy (non-hydrogen) atoms. The van der Waals surface area contributed by atoms with Gasteiger partial charge in [0.25, 0.3) is 0 Å². The molecule has 7 heteroatoms. The van der Waals surface area contributed by atoms with Gasteiger partial charge in [0.1, 0.15) is 11.4 Å². The second-order valence-electron chi connectivity index (χ2n) is 9.66. The molecule has 0 aromatic heterocycles. The zero-order chi connectivity index (χ0) is 23.5. The number of amides is 1. The Balaban J connectivity index is 1.26. The van der Waals surface area contributed by atoms with Crippen LogP contribution in [0.25, 0.3) is 5.70 Å². The van der Waals surface area contributed by atoms with Gasteiger partial charge in [0.05, 0.1) is 12.8 Å². The van der Waals surface area contributed by atoms with E-state index in [1.54, 1.807) is 12.2 Å². The quantitative estimate of drug-likeness (QED) is 0.695. The van der Waals surface area contributed by atoms with Gasteiger partial charge in [-0.05, 0) is 53.2 Å². The Morgan fingerprint density at radius 2 is 1.76 bits per heavy atom. The van der Waals surface area contributed by atoms with Gasteiger partial charge in [0, 0.05) is 19.6 Å². The number of hydroxylamine groups is 3. The summed E-state index contributed by atoms with van der Waals surface area (Å²) in [5.74, 6) is 0.784. The van der Waals surface area contributed by atoms with Gasteiger partial charge in [0.2, 0.25) is 0 Å². The van der Waals surface area contributed by atoms with Crippen LogP contribution in [0.2, 0.25) is 0 Å². The highest BCUT2D eigenvalue weighted by Crippen LogP contribution is 2.35. The largest absolute Gasteiger partial charge is 0.497 e. The molecule has 1 amide bonds. The third-order valence-corrected chi connectivity index (χ3v) is 6.21. The van der Waals surface area contributed by atoms with Crippen LogP contribution in [0.15, 0.2) is 54.6 Å². The minimum absolute atomic E-state index is 0.126. The first kappa shape index (κ1) is 23.1. The zero-order valence-corrected chi connectivity index (χ0v) is 19.8. The first-order chi connectivity index (χ1) is 15.8. The number of benzene rings is 2. The molecule has 1 saturated heterocycles. The van der Waals surface area contributed by atoms with E-state index in [9.17, 15) is 4.79 Å². The van der Waals surface area contributed by atoms with Crippen molar-refractivity contribution in [3.05, 3.63) is 71.3 Å². The maximum Gasteiger partial charge on any atom is 0.426 e. The van der Waals surface area contributed by atoms with Crippen LogP contribution in [0.5, 0.6) is 5.75 Å². The summed E-state index contributed by atoms with van der Waals surface area (Å²) in [6, 6.07) is 16.2. The molecule has 2 aliphatic heterocycles. The van der Waals surface area contributed by atoms with E-state index in [0.29, 0.717) is 19.6 Å². The van der Waals surface area contributed by atoms with Crippen molar-refractivity contribution < 1.29 is 19.2 Å². The van der Waals surface area contributed by atoms with Crippen molar-refractivity contribution in [2.24, 2.45) is 0 Å². The zero-order valence-electron chi connectivity index (χ0n) is 19.8. The number of rotatable bonds is 5. The van der Waals surface area contributed by atoms with E-state index in [0.717, 1.165) is 35.4 Å². The average Bonchev–Trinajstić information content (AvgIpc) is 3.23. The SMILES string of the molecule is COc1ccc(CNC(=O)ON2CCC3(C=C(c4ccc(C(C)(C)C)cc4)NO3)CC2)cc1. The summed E-state index contributed by atoms with van der Waals surface area (Å²) in [5, 5.41) is 4.49. The maximum absolute atomic E-state index is 12.2. The van der Waals surface area contributed by atoms with Crippen LogP contribution >= 0.6 is 0 Å². The fourth-order valence-electron chi connectivity index (χ4n) is 4.04. The van der Waals surface area contributed by atoms with Crippen LogP contribution in [0.3, 0.4) is 0 Å². The summed E-state index contributed by atoms with van der Waals surface area (Å²) in [6.45, 7) is 8.23. The number of methoxy groups -OCH3 is 1.